The molecule has 2 aliphatic heterocycles. The SMILES string of the molecule is N#Cc1nc(-c2ccnc(Cc3ccc(N4CCOCC4)cc3)n2)ccc1N1CCCC1. The Bertz CT molecular complexity index is 1110. The first-order valence-electron chi connectivity index (χ1n) is 11.2. The van der Waals surface area contributed by atoms with Crippen LogP contribution in [0.25, 0.3) is 11.4 Å². The molecule has 7 heteroatoms. The molecule has 0 bridgehead atoms. The van der Waals surface area contributed by atoms with Gasteiger partial charge in [0.1, 0.15) is 11.9 Å². The molecule has 0 radical (unpaired) electrons. The highest BCUT2D eigenvalue weighted by Crippen LogP contribution is 2.26. The number of benzene rings is 1. The maximum atomic E-state index is 9.63. The van der Waals surface area contributed by atoms with Gasteiger partial charge in [-0.3, -0.25) is 0 Å². The van der Waals surface area contributed by atoms with Gasteiger partial charge >= 0.3 is 0 Å². The van der Waals surface area contributed by atoms with Gasteiger partial charge in [-0.05, 0) is 48.7 Å². The van der Waals surface area contributed by atoms with Crippen LogP contribution in [0, 0.1) is 11.3 Å². The summed E-state index contributed by atoms with van der Waals surface area (Å²) in [5, 5.41) is 9.63. The predicted molar refractivity (Wildman–Crippen MR) is 124 cm³/mol. The molecule has 2 aromatic heterocycles. The van der Waals surface area contributed by atoms with E-state index in [1.54, 1.807) is 6.20 Å². The van der Waals surface area contributed by atoms with E-state index in [2.05, 4.69) is 50.1 Å². The van der Waals surface area contributed by atoms with Crippen LogP contribution < -0.4 is 9.80 Å². The number of morpholine rings is 1. The minimum absolute atomic E-state index is 0.461. The normalized spacial score (nSPS) is 16.2. The van der Waals surface area contributed by atoms with Crippen LogP contribution >= 0.6 is 0 Å². The van der Waals surface area contributed by atoms with Gasteiger partial charge in [-0.2, -0.15) is 5.26 Å². The van der Waals surface area contributed by atoms with Crippen LogP contribution in [-0.4, -0.2) is 54.3 Å². The van der Waals surface area contributed by atoms with Gasteiger partial charge < -0.3 is 14.5 Å². The van der Waals surface area contributed by atoms with E-state index in [9.17, 15) is 5.26 Å². The zero-order chi connectivity index (χ0) is 21.8. The van der Waals surface area contributed by atoms with Gasteiger partial charge in [-0.15, -0.1) is 0 Å². The summed E-state index contributed by atoms with van der Waals surface area (Å²) < 4.78 is 5.43. The monoisotopic (exact) mass is 426 g/mol. The highest BCUT2D eigenvalue weighted by atomic mass is 16.5. The van der Waals surface area contributed by atoms with E-state index in [0.717, 1.165) is 75.0 Å². The molecule has 2 fully saturated rings. The van der Waals surface area contributed by atoms with Crippen LogP contribution in [-0.2, 0) is 11.2 Å². The quantitative estimate of drug-likeness (QED) is 0.618. The molecule has 5 rings (SSSR count). The summed E-state index contributed by atoms with van der Waals surface area (Å²) in [6.07, 6.45) is 4.74. The maximum absolute atomic E-state index is 9.63. The average molecular weight is 427 g/mol. The van der Waals surface area contributed by atoms with Gasteiger partial charge in [0.2, 0.25) is 0 Å². The van der Waals surface area contributed by atoms with Crippen LogP contribution in [0.2, 0.25) is 0 Å². The predicted octanol–water partition coefficient (Wildman–Crippen LogP) is 3.44. The van der Waals surface area contributed by atoms with Crippen molar-refractivity contribution < 1.29 is 4.74 Å². The van der Waals surface area contributed by atoms with Crippen molar-refractivity contribution in [1.82, 2.24) is 15.0 Å². The van der Waals surface area contributed by atoms with Crippen molar-refractivity contribution >= 4 is 11.4 Å². The summed E-state index contributed by atoms with van der Waals surface area (Å²) >= 11 is 0. The van der Waals surface area contributed by atoms with E-state index in [1.807, 2.05) is 18.2 Å². The Balaban J connectivity index is 1.33. The molecule has 0 spiro atoms. The topological polar surface area (TPSA) is 78.2 Å². The van der Waals surface area contributed by atoms with Crippen LogP contribution in [0.3, 0.4) is 0 Å². The molecule has 3 aromatic rings. The third kappa shape index (κ3) is 4.41. The van der Waals surface area contributed by atoms with Crippen LogP contribution in [0.15, 0.2) is 48.7 Å². The number of aromatic nitrogens is 3. The fraction of sp³-hybridized carbons (Fsp3) is 0.360. The molecule has 4 heterocycles. The largest absolute Gasteiger partial charge is 0.378 e. The van der Waals surface area contributed by atoms with Crippen LogP contribution in [0.1, 0.15) is 29.9 Å². The Morgan fingerprint density at radius 1 is 0.844 bits per heavy atom. The van der Waals surface area contributed by atoms with Crippen molar-refractivity contribution in [3.63, 3.8) is 0 Å². The maximum Gasteiger partial charge on any atom is 0.164 e. The molecule has 32 heavy (non-hydrogen) atoms. The van der Waals surface area contributed by atoms with Gasteiger partial charge in [-0.1, -0.05) is 12.1 Å². The van der Waals surface area contributed by atoms with Crippen molar-refractivity contribution in [1.29, 1.82) is 5.26 Å². The molecule has 0 N–H and O–H groups in total. The van der Waals surface area contributed by atoms with Crippen molar-refractivity contribution in [2.75, 3.05) is 49.2 Å². The third-order valence-corrected chi connectivity index (χ3v) is 6.07. The molecular weight excluding hydrogens is 400 g/mol. The smallest absolute Gasteiger partial charge is 0.164 e. The summed E-state index contributed by atoms with van der Waals surface area (Å²) in [5.74, 6) is 0.741. The van der Waals surface area contributed by atoms with E-state index >= 15 is 0 Å². The summed E-state index contributed by atoms with van der Waals surface area (Å²) in [4.78, 5) is 18.4. The van der Waals surface area contributed by atoms with E-state index < -0.39 is 0 Å². The Kier molecular flexibility index (Phi) is 5.95. The fourth-order valence-electron chi connectivity index (χ4n) is 4.35. The Morgan fingerprint density at radius 2 is 1.59 bits per heavy atom. The van der Waals surface area contributed by atoms with Gasteiger partial charge in [0.05, 0.1) is 30.3 Å². The standard InChI is InChI=1S/C25H26N6O/c26-18-23-24(31-11-1-2-12-31)8-7-21(28-23)22-9-10-27-25(29-22)17-19-3-5-20(6-4-19)30-13-15-32-16-14-30/h3-10H,1-2,11-17H2. The molecule has 162 valence electrons. The number of hydrogen-bond acceptors (Lipinski definition) is 7. The summed E-state index contributed by atoms with van der Waals surface area (Å²) in [6.45, 7) is 5.39. The van der Waals surface area contributed by atoms with Crippen molar-refractivity contribution in [3.8, 4) is 17.5 Å². The second kappa shape index (κ2) is 9.33. The second-order valence-electron chi connectivity index (χ2n) is 8.17. The number of anilines is 2. The molecule has 1 aromatic carbocycles. The molecule has 0 aliphatic carbocycles. The first-order valence-corrected chi connectivity index (χ1v) is 11.2. The molecular formula is C25H26N6O. The highest BCUT2D eigenvalue weighted by Gasteiger charge is 2.18. The molecule has 7 nitrogen and oxygen atoms in total. The number of nitriles is 1. The van der Waals surface area contributed by atoms with Crippen molar-refractivity contribution in [2.45, 2.75) is 19.3 Å². The number of pyridine rings is 1. The summed E-state index contributed by atoms with van der Waals surface area (Å²) in [5.41, 5.74) is 5.21. The van der Waals surface area contributed by atoms with Crippen LogP contribution in [0.4, 0.5) is 11.4 Å². The van der Waals surface area contributed by atoms with Gasteiger partial charge in [0.25, 0.3) is 0 Å². The molecule has 0 atom stereocenters. The van der Waals surface area contributed by atoms with Gasteiger partial charge in [-0.25, -0.2) is 15.0 Å². The van der Waals surface area contributed by atoms with Crippen LogP contribution in [0.5, 0.6) is 0 Å². The molecule has 0 amide bonds. The van der Waals surface area contributed by atoms with Gasteiger partial charge in [0.15, 0.2) is 5.69 Å². The minimum atomic E-state index is 0.461. The molecule has 2 aliphatic rings. The number of rotatable bonds is 5. The van der Waals surface area contributed by atoms with E-state index in [0.29, 0.717) is 17.8 Å². The number of nitrogens with zero attached hydrogens (tertiary/aromatic N) is 6. The first-order chi connectivity index (χ1) is 15.8. The minimum Gasteiger partial charge on any atom is -0.378 e. The number of hydrogen-bond donors (Lipinski definition) is 0. The zero-order valence-electron chi connectivity index (χ0n) is 18.1. The lowest BCUT2D eigenvalue weighted by atomic mass is 10.1. The summed E-state index contributed by atoms with van der Waals surface area (Å²) in [6, 6.07) is 16.7. The third-order valence-electron chi connectivity index (χ3n) is 6.07. The van der Waals surface area contributed by atoms with E-state index in [1.165, 1.54) is 5.69 Å². The average Bonchev–Trinajstić information content (AvgIpc) is 3.40. The fourth-order valence-corrected chi connectivity index (χ4v) is 4.35. The Labute approximate surface area is 188 Å². The Morgan fingerprint density at radius 3 is 2.34 bits per heavy atom. The van der Waals surface area contributed by atoms with Crippen molar-refractivity contribution in [2.24, 2.45) is 0 Å². The summed E-state index contributed by atoms with van der Waals surface area (Å²) in [7, 11) is 0. The molecule has 2 saturated heterocycles. The zero-order valence-corrected chi connectivity index (χ0v) is 18.1. The molecule has 0 saturated carbocycles. The second-order valence-corrected chi connectivity index (χ2v) is 8.17. The lowest BCUT2D eigenvalue weighted by Gasteiger charge is -2.28. The Hall–Kier alpha value is -3.50. The lowest BCUT2D eigenvalue weighted by molar-refractivity contribution is 0.122. The van der Waals surface area contributed by atoms with Crippen molar-refractivity contribution in [3.05, 3.63) is 65.7 Å². The lowest BCUT2D eigenvalue weighted by Crippen LogP contribution is -2.36. The first kappa shape index (κ1) is 20.4. The molecule has 0 unspecified atom stereocenters. The van der Waals surface area contributed by atoms with E-state index in [-0.39, 0.29) is 0 Å². The van der Waals surface area contributed by atoms with Gasteiger partial charge in [0, 0.05) is 44.5 Å². The number of ether oxygens (including phenoxy) is 1. The van der Waals surface area contributed by atoms with E-state index in [4.69, 9.17) is 9.72 Å². The highest BCUT2D eigenvalue weighted by molar-refractivity contribution is 5.63.